The van der Waals surface area contributed by atoms with Crippen LogP contribution in [-0.4, -0.2) is 12.3 Å². The maximum Gasteiger partial charge on any atom is 0.127 e. The molecule has 0 aromatic rings. The summed E-state index contributed by atoms with van der Waals surface area (Å²) in [7, 11) is 0. The first kappa shape index (κ1) is 9.56. The molecule has 70 valence electrons. The van der Waals surface area contributed by atoms with Gasteiger partial charge in [-0.15, -0.1) is 0 Å². The van der Waals surface area contributed by atoms with Crippen molar-refractivity contribution in [3.8, 4) is 0 Å². The Morgan fingerprint density at radius 1 is 1.25 bits per heavy atom. The lowest BCUT2D eigenvalue weighted by Crippen LogP contribution is -2.09. The molecule has 0 bridgehead atoms. The predicted molar refractivity (Wildman–Crippen MR) is 51.3 cm³/mol. The highest BCUT2D eigenvalue weighted by Crippen LogP contribution is 2.21. The molecule has 0 spiro atoms. The van der Waals surface area contributed by atoms with E-state index in [-0.39, 0.29) is 5.41 Å². The zero-order valence-electron chi connectivity index (χ0n) is 8.34. The molecule has 0 N–H and O–H groups in total. The van der Waals surface area contributed by atoms with E-state index < -0.39 is 0 Å². The molecule has 1 saturated carbocycles. The Bertz CT molecular complexity index is 152. The minimum absolute atomic E-state index is 0.138. The Labute approximate surface area is 75.0 Å². The van der Waals surface area contributed by atoms with E-state index in [1.165, 1.54) is 25.7 Å². The molecule has 12 heavy (non-hydrogen) atoms. The molecule has 0 aromatic heterocycles. The summed E-state index contributed by atoms with van der Waals surface area (Å²) >= 11 is 0. The lowest BCUT2D eigenvalue weighted by molar-refractivity contribution is 0.0640. The Kier molecular flexibility index (Phi) is 3.12. The minimum atomic E-state index is 0.138. The molecule has 0 saturated heterocycles. The normalized spacial score (nSPS) is 20.6. The molecular weight excluding hydrogens is 150 g/mol. The van der Waals surface area contributed by atoms with Crippen LogP contribution < -0.4 is 0 Å². The highest BCUT2D eigenvalue weighted by atomic mass is 16.6. The average Bonchev–Trinajstić information content (AvgIpc) is 2.36. The van der Waals surface area contributed by atoms with Gasteiger partial charge in [-0.1, -0.05) is 25.9 Å². The zero-order chi connectivity index (χ0) is 9.03. The molecule has 0 unspecified atom stereocenters. The summed E-state index contributed by atoms with van der Waals surface area (Å²) in [6.45, 7) is 6.36. The van der Waals surface area contributed by atoms with E-state index in [0.717, 1.165) is 0 Å². The van der Waals surface area contributed by atoms with Gasteiger partial charge in [0.1, 0.15) is 6.10 Å². The fourth-order valence-electron chi connectivity index (χ4n) is 1.27. The number of nitrogens with zero attached hydrogens (tertiary/aromatic N) is 1. The van der Waals surface area contributed by atoms with Crippen molar-refractivity contribution in [3.05, 3.63) is 0 Å². The van der Waals surface area contributed by atoms with Gasteiger partial charge in [-0.05, 0) is 25.7 Å². The van der Waals surface area contributed by atoms with Gasteiger partial charge in [-0.2, -0.15) is 0 Å². The van der Waals surface area contributed by atoms with Crippen LogP contribution in [-0.2, 0) is 4.84 Å². The van der Waals surface area contributed by atoms with Gasteiger partial charge in [0.05, 0.1) is 0 Å². The van der Waals surface area contributed by atoms with Crippen LogP contribution in [0, 0.1) is 5.41 Å². The minimum Gasteiger partial charge on any atom is -0.393 e. The first-order valence-corrected chi connectivity index (χ1v) is 4.78. The van der Waals surface area contributed by atoms with Crippen LogP contribution in [0.4, 0.5) is 0 Å². The SMILES string of the molecule is CC(C)(C)C=NOC1CCCC1. The van der Waals surface area contributed by atoms with Crippen molar-refractivity contribution in [2.24, 2.45) is 10.6 Å². The van der Waals surface area contributed by atoms with Crippen molar-refractivity contribution in [1.29, 1.82) is 0 Å². The Balaban J connectivity index is 2.20. The van der Waals surface area contributed by atoms with Crippen LogP contribution in [0.5, 0.6) is 0 Å². The molecule has 2 heteroatoms. The van der Waals surface area contributed by atoms with Crippen LogP contribution in [0.3, 0.4) is 0 Å². The van der Waals surface area contributed by atoms with E-state index >= 15 is 0 Å². The highest BCUT2D eigenvalue weighted by Gasteiger charge is 2.16. The van der Waals surface area contributed by atoms with Crippen LogP contribution in [0.2, 0.25) is 0 Å². The Morgan fingerprint density at radius 3 is 2.33 bits per heavy atom. The van der Waals surface area contributed by atoms with Crippen LogP contribution in [0.15, 0.2) is 5.16 Å². The number of hydrogen-bond acceptors (Lipinski definition) is 2. The largest absolute Gasteiger partial charge is 0.393 e. The molecule has 0 radical (unpaired) electrons. The van der Waals surface area contributed by atoms with Gasteiger partial charge in [-0.3, -0.25) is 0 Å². The molecule has 0 aliphatic heterocycles. The fraction of sp³-hybridized carbons (Fsp3) is 0.900. The molecule has 0 amide bonds. The second-order valence-electron chi connectivity index (χ2n) is 4.61. The molecular formula is C10H19NO. The molecule has 1 aliphatic rings. The first-order chi connectivity index (χ1) is 5.58. The summed E-state index contributed by atoms with van der Waals surface area (Å²) in [4.78, 5) is 5.35. The van der Waals surface area contributed by atoms with Gasteiger partial charge in [-0.25, -0.2) is 0 Å². The van der Waals surface area contributed by atoms with Crippen LogP contribution >= 0.6 is 0 Å². The van der Waals surface area contributed by atoms with Gasteiger partial charge >= 0.3 is 0 Å². The first-order valence-electron chi connectivity index (χ1n) is 4.78. The van der Waals surface area contributed by atoms with Crippen molar-refractivity contribution in [2.75, 3.05) is 0 Å². The highest BCUT2D eigenvalue weighted by molar-refractivity contribution is 5.63. The molecule has 0 atom stereocenters. The van der Waals surface area contributed by atoms with Gasteiger partial charge in [0.2, 0.25) is 0 Å². The standard InChI is InChI=1S/C10H19NO/c1-10(2,3)8-11-12-9-6-4-5-7-9/h8-9H,4-7H2,1-3H3. The van der Waals surface area contributed by atoms with E-state index in [1.807, 2.05) is 6.21 Å². The lowest BCUT2D eigenvalue weighted by atomic mass is 10.00. The topological polar surface area (TPSA) is 21.6 Å². The van der Waals surface area contributed by atoms with Crippen molar-refractivity contribution in [1.82, 2.24) is 0 Å². The Morgan fingerprint density at radius 2 is 1.83 bits per heavy atom. The van der Waals surface area contributed by atoms with Crippen molar-refractivity contribution in [3.63, 3.8) is 0 Å². The van der Waals surface area contributed by atoms with Gasteiger partial charge in [0.25, 0.3) is 0 Å². The second kappa shape index (κ2) is 3.92. The zero-order valence-corrected chi connectivity index (χ0v) is 8.34. The number of oxime groups is 1. The summed E-state index contributed by atoms with van der Waals surface area (Å²) in [5.74, 6) is 0. The summed E-state index contributed by atoms with van der Waals surface area (Å²) in [6.07, 6.45) is 7.24. The third-order valence-corrected chi connectivity index (χ3v) is 1.95. The van der Waals surface area contributed by atoms with E-state index in [9.17, 15) is 0 Å². The molecule has 1 fully saturated rings. The molecule has 1 rings (SSSR count). The fourth-order valence-corrected chi connectivity index (χ4v) is 1.27. The van der Waals surface area contributed by atoms with Crippen LogP contribution in [0.1, 0.15) is 46.5 Å². The number of rotatable bonds is 2. The van der Waals surface area contributed by atoms with Gasteiger partial charge < -0.3 is 4.84 Å². The lowest BCUT2D eigenvalue weighted by Gasteiger charge is -2.11. The number of hydrogen-bond donors (Lipinski definition) is 0. The summed E-state index contributed by atoms with van der Waals surface area (Å²) in [5, 5.41) is 4.00. The van der Waals surface area contributed by atoms with Crippen molar-refractivity contribution >= 4 is 6.21 Å². The molecule has 2 nitrogen and oxygen atoms in total. The predicted octanol–water partition coefficient (Wildman–Crippen LogP) is 2.98. The summed E-state index contributed by atoms with van der Waals surface area (Å²) in [6, 6.07) is 0. The van der Waals surface area contributed by atoms with E-state index in [2.05, 4.69) is 25.9 Å². The van der Waals surface area contributed by atoms with Crippen LogP contribution in [0.25, 0.3) is 0 Å². The maximum absolute atomic E-state index is 5.35. The van der Waals surface area contributed by atoms with Crippen molar-refractivity contribution < 1.29 is 4.84 Å². The van der Waals surface area contributed by atoms with Gasteiger partial charge in [0.15, 0.2) is 0 Å². The van der Waals surface area contributed by atoms with Crippen molar-refractivity contribution in [2.45, 2.75) is 52.6 Å². The third-order valence-electron chi connectivity index (χ3n) is 1.95. The monoisotopic (exact) mass is 169 g/mol. The average molecular weight is 169 g/mol. The Hall–Kier alpha value is -0.530. The maximum atomic E-state index is 5.35. The third kappa shape index (κ3) is 3.74. The summed E-state index contributed by atoms with van der Waals surface area (Å²) in [5.41, 5.74) is 0.138. The van der Waals surface area contributed by atoms with Gasteiger partial charge in [0, 0.05) is 11.6 Å². The van der Waals surface area contributed by atoms with E-state index in [0.29, 0.717) is 6.10 Å². The van der Waals surface area contributed by atoms with E-state index in [4.69, 9.17) is 4.84 Å². The molecule has 0 aromatic carbocycles. The van der Waals surface area contributed by atoms with E-state index in [1.54, 1.807) is 0 Å². The molecule has 0 heterocycles. The summed E-state index contributed by atoms with van der Waals surface area (Å²) < 4.78 is 0. The smallest absolute Gasteiger partial charge is 0.127 e. The second-order valence-corrected chi connectivity index (χ2v) is 4.61. The molecule has 1 aliphatic carbocycles. The quantitative estimate of drug-likeness (QED) is 0.460.